The van der Waals surface area contributed by atoms with Gasteiger partial charge in [0, 0.05) is 30.4 Å². The minimum absolute atomic E-state index is 0.155. The van der Waals surface area contributed by atoms with E-state index in [4.69, 9.17) is 23.2 Å². The Kier molecular flexibility index (Phi) is 6.01. The maximum Gasteiger partial charge on any atom is 0.227 e. The fourth-order valence-corrected chi connectivity index (χ4v) is 3.14. The van der Waals surface area contributed by atoms with Gasteiger partial charge in [-0.2, -0.15) is 10.2 Å². The Morgan fingerprint density at radius 1 is 1.15 bits per heavy atom. The normalized spacial score (nSPS) is 10.9. The number of carbonyl (C=O) groups is 1. The van der Waals surface area contributed by atoms with Crippen LogP contribution in [-0.4, -0.2) is 25.5 Å². The minimum Gasteiger partial charge on any atom is -0.308 e. The van der Waals surface area contributed by atoms with Crippen LogP contribution in [0.25, 0.3) is 0 Å². The van der Waals surface area contributed by atoms with Crippen LogP contribution in [0.4, 0.5) is 5.82 Å². The van der Waals surface area contributed by atoms with Gasteiger partial charge in [-0.3, -0.25) is 14.2 Å². The molecule has 1 N–H and O–H groups in total. The summed E-state index contributed by atoms with van der Waals surface area (Å²) in [6.07, 6.45) is 3.77. The smallest absolute Gasteiger partial charge is 0.227 e. The molecule has 0 unspecified atom stereocenters. The van der Waals surface area contributed by atoms with E-state index in [0.29, 0.717) is 33.4 Å². The third kappa shape index (κ3) is 4.66. The van der Waals surface area contributed by atoms with Crippen LogP contribution in [0.1, 0.15) is 17.7 Å². The molecule has 26 heavy (non-hydrogen) atoms. The van der Waals surface area contributed by atoms with Crippen molar-refractivity contribution >= 4 is 50.9 Å². The highest BCUT2D eigenvalue weighted by molar-refractivity contribution is 9.10. The molecule has 3 rings (SSSR count). The molecule has 1 amide bonds. The predicted octanol–water partition coefficient (Wildman–Crippen LogP) is 4.53. The molecule has 2 aromatic heterocycles. The van der Waals surface area contributed by atoms with Gasteiger partial charge in [0.15, 0.2) is 5.82 Å². The van der Waals surface area contributed by atoms with E-state index < -0.39 is 0 Å². The van der Waals surface area contributed by atoms with Gasteiger partial charge in [-0.15, -0.1) is 0 Å². The van der Waals surface area contributed by atoms with Crippen molar-refractivity contribution < 1.29 is 4.79 Å². The molecule has 136 valence electrons. The third-order valence-corrected chi connectivity index (χ3v) is 5.04. The number of halogens is 3. The van der Waals surface area contributed by atoms with Crippen LogP contribution in [0.5, 0.6) is 0 Å². The highest BCUT2D eigenvalue weighted by Gasteiger charge is 2.12. The molecule has 0 radical (unpaired) electrons. The van der Waals surface area contributed by atoms with Gasteiger partial charge in [0.05, 0.1) is 21.7 Å². The van der Waals surface area contributed by atoms with Crippen molar-refractivity contribution in [1.29, 1.82) is 0 Å². The van der Waals surface area contributed by atoms with Crippen LogP contribution in [0.3, 0.4) is 0 Å². The number of hydrogen-bond acceptors (Lipinski definition) is 3. The Morgan fingerprint density at radius 3 is 2.62 bits per heavy atom. The lowest BCUT2D eigenvalue weighted by Gasteiger charge is -2.05. The topological polar surface area (TPSA) is 64.7 Å². The summed E-state index contributed by atoms with van der Waals surface area (Å²) in [7, 11) is 0. The Balaban J connectivity index is 1.60. The van der Waals surface area contributed by atoms with Crippen molar-refractivity contribution in [2.75, 3.05) is 5.32 Å². The number of aryl methyl sites for hydroxylation is 2. The minimum atomic E-state index is -0.155. The Labute approximate surface area is 169 Å². The zero-order chi connectivity index (χ0) is 18.7. The first-order valence-electron chi connectivity index (χ1n) is 7.88. The van der Waals surface area contributed by atoms with Crippen LogP contribution < -0.4 is 5.32 Å². The molecule has 3 aromatic rings. The highest BCUT2D eigenvalue weighted by Crippen LogP contribution is 2.22. The largest absolute Gasteiger partial charge is 0.308 e. The summed E-state index contributed by atoms with van der Waals surface area (Å²) in [6, 6.07) is 7.57. The molecule has 0 fully saturated rings. The van der Waals surface area contributed by atoms with Crippen LogP contribution in [0.15, 0.2) is 41.1 Å². The van der Waals surface area contributed by atoms with Crippen molar-refractivity contribution in [3.05, 3.63) is 62.4 Å². The van der Waals surface area contributed by atoms with E-state index in [9.17, 15) is 4.79 Å². The van der Waals surface area contributed by atoms with Gasteiger partial charge in [-0.05, 0) is 34.5 Å². The van der Waals surface area contributed by atoms with Crippen molar-refractivity contribution in [3.63, 3.8) is 0 Å². The number of amides is 1. The predicted molar refractivity (Wildman–Crippen MR) is 106 cm³/mol. The Morgan fingerprint density at radius 2 is 1.92 bits per heavy atom. The molecule has 2 heterocycles. The Bertz CT molecular complexity index is 918. The third-order valence-electron chi connectivity index (χ3n) is 3.72. The second-order valence-electron chi connectivity index (χ2n) is 5.74. The SMILES string of the molecule is Cc1nn(CCC(=O)Nc2nn(Cc3ccccc3Cl)cc2Br)cc1Cl. The van der Waals surface area contributed by atoms with Gasteiger partial charge in [0.2, 0.25) is 5.91 Å². The molecule has 6 nitrogen and oxygen atoms in total. The molecule has 0 saturated heterocycles. The summed E-state index contributed by atoms with van der Waals surface area (Å²) in [5.74, 6) is 0.315. The number of anilines is 1. The van der Waals surface area contributed by atoms with E-state index in [0.717, 1.165) is 11.3 Å². The molecule has 1 aromatic carbocycles. The fraction of sp³-hybridized carbons (Fsp3) is 0.235. The molecule has 0 atom stereocenters. The first kappa shape index (κ1) is 18.9. The van der Waals surface area contributed by atoms with Gasteiger partial charge in [-0.25, -0.2) is 0 Å². The van der Waals surface area contributed by atoms with E-state index in [-0.39, 0.29) is 12.3 Å². The van der Waals surface area contributed by atoms with Crippen molar-refractivity contribution in [1.82, 2.24) is 19.6 Å². The van der Waals surface area contributed by atoms with Crippen molar-refractivity contribution in [2.24, 2.45) is 0 Å². The van der Waals surface area contributed by atoms with Crippen LogP contribution in [-0.2, 0) is 17.9 Å². The second kappa shape index (κ2) is 8.24. The van der Waals surface area contributed by atoms with Crippen LogP contribution in [0.2, 0.25) is 10.0 Å². The van der Waals surface area contributed by atoms with E-state index in [1.807, 2.05) is 31.2 Å². The van der Waals surface area contributed by atoms with Crippen LogP contribution in [0, 0.1) is 6.92 Å². The van der Waals surface area contributed by atoms with Gasteiger partial charge in [0.25, 0.3) is 0 Å². The van der Waals surface area contributed by atoms with E-state index in [2.05, 4.69) is 31.4 Å². The number of rotatable bonds is 6. The highest BCUT2D eigenvalue weighted by atomic mass is 79.9. The first-order chi connectivity index (χ1) is 12.4. The summed E-state index contributed by atoms with van der Waals surface area (Å²) in [6.45, 7) is 2.78. The zero-order valence-electron chi connectivity index (χ0n) is 13.9. The number of nitrogens with one attached hydrogen (secondary N) is 1. The van der Waals surface area contributed by atoms with Gasteiger partial charge in [0.1, 0.15) is 0 Å². The fourth-order valence-electron chi connectivity index (χ4n) is 2.38. The molecule has 0 saturated carbocycles. The summed E-state index contributed by atoms with van der Waals surface area (Å²) in [5.41, 5.74) is 1.70. The summed E-state index contributed by atoms with van der Waals surface area (Å²) >= 11 is 15.6. The van der Waals surface area contributed by atoms with E-state index in [1.165, 1.54) is 0 Å². The lowest BCUT2D eigenvalue weighted by atomic mass is 10.2. The van der Waals surface area contributed by atoms with Gasteiger partial charge >= 0.3 is 0 Å². The summed E-state index contributed by atoms with van der Waals surface area (Å²) in [4.78, 5) is 12.2. The standard InChI is InChI=1S/C17H16BrCl2N5O/c1-11-15(20)10-24(22-11)7-6-16(26)21-17-13(18)9-25(23-17)8-12-4-2-3-5-14(12)19/h2-5,9-10H,6-8H2,1H3,(H,21,23,26). The van der Waals surface area contributed by atoms with Gasteiger partial charge in [-0.1, -0.05) is 41.4 Å². The summed E-state index contributed by atoms with van der Waals surface area (Å²) in [5, 5.41) is 12.7. The number of nitrogens with zero attached hydrogens (tertiary/aromatic N) is 4. The summed E-state index contributed by atoms with van der Waals surface area (Å²) < 4.78 is 4.08. The molecule has 9 heteroatoms. The monoisotopic (exact) mass is 455 g/mol. The van der Waals surface area contributed by atoms with Crippen LogP contribution >= 0.6 is 39.1 Å². The number of hydrogen-bond donors (Lipinski definition) is 1. The maximum absolute atomic E-state index is 12.2. The zero-order valence-corrected chi connectivity index (χ0v) is 17.0. The van der Waals surface area contributed by atoms with Crippen molar-refractivity contribution in [3.8, 4) is 0 Å². The van der Waals surface area contributed by atoms with Crippen molar-refractivity contribution in [2.45, 2.75) is 26.4 Å². The number of benzene rings is 1. The molecule has 0 aliphatic rings. The molecule has 0 spiro atoms. The average Bonchev–Trinajstić information content (AvgIpc) is 3.10. The van der Waals surface area contributed by atoms with E-state index >= 15 is 0 Å². The molecule has 0 aliphatic heterocycles. The maximum atomic E-state index is 12.2. The molecular weight excluding hydrogens is 441 g/mol. The number of carbonyl (C=O) groups excluding carboxylic acids is 1. The molecule has 0 bridgehead atoms. The lowest BCUT2D eigenvalue weighted by Crippen LogP contribution is -2.15. The quantitative estimate of drug-likeness (QED) is 0.592. The Hall–Kier alpha value is -1.83. The molecule has 0 aliphatic carbocycles. The number of aromatic nitrogens is 4. The first-order valence-corrected chi connectivity index (χ1v) is 9.43. The second-order valence-corrected chi connectivity index (χ2v) is 7.41. The average molecular weight is 457 g/mol. The van der Waals surface area contributed by atoms with E-state index in [1.54, 1.807) is 21.8 Å². The molecular formula is C17H16BrCl2N5O. The lowest BCUT2D eigenvalue weighted by molar-refractivity contribution is -0.116. The van der Waals surface area contributed by atoms with Gasteiger partial charge < -0.3 is 5.32 Å².